The molecule has 2 amide bonds. The van der Waals surface area contributed by atoms with Crippen LogP contribution >= 0.6 is 0 Å². The van der Waals surface area contributed by atoms with Crippen LogP contribution in [0.4, 0.5) is 4.79 Å². The van der Waals surface area contributed by atoms with Crippen LogP contribution in [0.2, 0.25) is 0 Å². The molecule has 0 spiro atoms. The summed E-state index contributed by atoms with van der Waals surface area (Å²) in [5.74, 6) is -0.480. The van der Waals surface area contributed by atoms with Gasteiger partial charge in [-0.05, 0) is 51.1 Å². The maximum atomic E-state index is 12.0. The number of ether oxygens (including phenoxy) is 1. The SMILES string of the molecule is CC(C)(C)OC(=O)NC1=NC(=O)C(=Cc2ccc3ncccc3n2)N1. The number of hydrogen-bond acceptors (Lipinski definition) is 6. The molecule has 2 N–H and O–H groups in total. The van der Waals surface area contributed by atoms with Crippen molar-refractivity contribution in [2.75, 3.05) is 0 Å². The van der Waals surface area contributed by atoms with Gasteiger partial charge in [0.05, 0.1) is 16.7 Å². The first-order valence-electron chi connectivity index (χ1n) is 7.64. The molecule has 128 valence electrons. The van der Waals surface area contributed by atoms with E-state index in [1.807, 2.05) is 12.1 Å². The average molecular weight is 339 g/mol. The van der Waals surface area contributed by atoms with Crippen molar-refractivity contribution < 1.29 is 14.3 Å². The third-order valence-electron chi connectivity index (χ3n) is 3.09. The summed E-state index contributed by atoms with van der Waals surface area (Å²) < 4.78 is 5.12. The van der Waals surface area contributed by atoms with Crippen LogP contribution in [-0.2, 0) is 9.53 Å². The third kappa shape index (κ3) is 4.17. The number of rotatable bonds is 1. The number of hydrogen-bond donors (Lipinski definition) is 2. The molecule has 3 heterocycles. The molecule has 0 aromatic carbocycles. The molecular weight excluding hydrogens is 322 g/mol. The van der Waals surface area contributed by atoms with Crippen molar-refractivity contribution in [3.8, 4) is 0 Å². The van der Waals surface area contributed by atoms with E-state index in [0.29, 0.717) is 5.69 Å². The Morgan fingerprint density at radius 1 is 1.24 bits per heavy atom. The summed E-state index contributed by atoms with van der Waals surface area (Å²) in [6, 6.07) is 7.18. The number of nitrogens with one attached hydrogen (secondary N) is 2. The van der Waals surface area contributed by atoms with E-state index in [1.54, 1.807) is 45.2 Å². The molecule has 0 radical (unpaired) electrons. The van der Waals surface area contributed by atoms with Gasteiger partial charge in [0.2, 0.25) is 5.96 Å². The second-order valence-electron chi connectivity index (χ2n) is 6.35. The van der Waals surface area contributed by atoms with Crippen molar-refractivity contribution in [3.63, 3.8) is 0 Å². The summed E-state index contributed by atoms with van der Waals surface area (Å²) in [6.45, 7) is 5.23. The Morgan fingerprint density at radius 3 is 2.80 bits per heavy atom. The molecule has 2 aromatic heterocycles. The molecule has 0 aliphatic carbocycles. The average Bonchev–Trinajstić information content (AvgIpc) is 2.84. The van der Waals surface area contributed by atoms with Crippen molar-refractivity contribution in [2.45, 2.75) is 26.4 Å². The van der Waals surface area contributed by atoms with Gasteiger partial charge in [-0.2, -0.15) is 4.99 Å². The molecule has 2 aromatic rings. The largest absolute Gasteiger partial charge is 0.444 e. The minimum Gasteiger partial charge on any atom is -0.444 e. The van der Waals surface area contributed by atoms with Gasteiger partial charge in [-0.25, -0.2) is 9.78 Å². The lowest BCUT2D eigenvalue weighted by molar-refractivity contribution is -0.114. The van der Waals surface area contributed by atoms with Gasteiger partial charge in [0, 0.05) is 6.20 Å². The predicted octanol–water partition coefficient (Wildman–Crippen LogP) is 1.98. The highest BCUT2D eigenvalue weighted by atomic mass is 16.6. The Kier molecular flexibility index (Phi) is 4.18. The Labute approximate surface area is 144 Å². The van der Waals surface area contributed by atoms with Gasteiger partial charge in [0.15, 0.2) is 0 Å². The second-order valence-corrected chi connectivity index (χ2v) is 6.35. The van der Waals surface area contributed by atoms with Gasteiger partial charge in [0.1, 0.15) is 11.3 Å². The fourth-order valence-electron chi connectivity index (χ4n) is 2.13. The summed E-state index contributed by atoms with van der Waals surface area (Å²) in [7, 11) is 0. The predicted molar refractivity (Wildman–Crippen MR) is 92.5 cm³/mol. The number of nitrogens with zero attached hydrogens (tertiary/aromatic N) is 3. The van der Waals surface area contributed by atoms with Crippen molar-refractivity contribution >= 4 is 35.1 Å². The van der Waals surface area contributed by atoms with Gasteiger partial charge < -0.3 is 10.1 Å². The molecular formula is C17H17N5O3. The molecule has 0 saturated heterocycles. The summed E-state index contributed by atoms with van der Waals surface area (Å²) >= 11 is 0. The normalized spacial score (nSPS) is 15.9. The van der Waals surface area contributed by atoms with E-state index in [-0.39, 0.29) is 11.7 Å². The number of carbonyl (C=O) groups is 2. The zero-order valence-electron chi connectivity index (χ0n) is 14.0. The van der Waals surface area contributed by atoms with Crippen LogP contribution < -0.4 is 10.6 Å². The van der Waals surface area contributed by atoms with E-state index >= 15 is 0 Å². The zero-order chi connectivity index (χ0) is 18.0. The molecule has 1 aliphatic heterocycles. The molecule has 0 bridgehead atoms. The zero-order valence-corrected chi connectivity index (χ0v) is 14.0. The standard InChI is InChI=1S/C17H17N5O3/c1-17(2,3)25-16(24)22-15-20-13(14(23)21-15)9-10-6-7-11-12(19-10)5-4-8-18-11/h4-9H,1-3H3,(H2,20,21,22,23,24). The van der Waals surface area contributed by atoms with E-state index in [2.05, 4.69) is 25.6 Å². The van der Waals surface area contributed by atoms with Crippen LogP contribution in [0.15, 0.2) is 41.2 Å². The minimum atomic E-state index is -0.692. The highest BCUT2D eigenvalue weighted by molar-refractivity contribution is 6.15. The van der Waals surface area contributed by atoms with E-state index in [1.165, 1.54) is 0 Å². The van der Waals surface area contributed by atoms with Crippen LogP contribution in [0.3, 0.4) is 0 Å². The Morgan fingerprint density at radius 2 is 2.04 bits per heavy atom. The van der Waals surface area contributed by atoms with Crippen LogP contribution in [0.1, 0.15) is 26.5 Å². The summed E-state index contributed by atoms with van der Waals surface area (Å²) in [4.78, 5) is 36.0. The van der Waals surface area contributed by atoms with E-state index in [9.17, 15) is 9.59 Å². The highest BCUT2D eigenvalue weighted by Gasteiger charge is 2.24. The van der Waals surface area contributed by atoms with Gasteiger partial charge in [-0.15, -0.1) is 0 Å². The fraction of sp³-hybridized carbons (Fsp3) is 0.235. The lowest BCUT2D eigenvalue weighted by Crippen LogP contribution is -2.40. The Balaban J connectivity index is 1.73. The summed E-state index contributed by atoms with van der Waals surface area (Å²) in [6.07, 6.45) is 2.55. The van der Waals surface area contributed by atoms with Crippen molar-refractivity contribution in [1.29, 1.82) is 0 Å². The lowest BCUT2D eigenvalue weighted by atomic mass is 10.2. The molecule has 1 aliphatic rings. The minimum absolute atomic E-state index is 0.0213. The van der Waals surface area contributed by atoms with E-state index < -0.39 is 17.6 Å². The number of pyridine rings is 2. The van der Waals surface area contributed by atoms with Gasteiger partial charge in [0.25, 0.3) is 5.91 Å². The second kappa shape index (κ2) is 6.31. The topological polar surface area (TPSA) is 106 Å². The summed E-state index contributed by atoms with van der Waals surface area (Å²) in [5, 5.41) is 5.14. The quantitative estimate of drug-likeness (QED) is 0.770. The van der Waals surface area contributed by atoms with Crippen LogP contribution in [0.25, 0.3) is 17.1 Å². The molecule has 0 saturated carbocycles. The number of carbonyl (C=O) groups excluding carboxylic acids is 2. The number of amides is 2. The van der Waals surface area contributed by atoms with Gasteiger partial charge in [-0.1, -0.05) is 0 Å². The highest BCUT2D eigenvalue weighted by Crippen LogP contribution is 2.13. The van der Waals surface area contributed by atoms with Crippen LogP contribution in [-0.4, -0.2) is 33.5 Å². The van der Waals surface area contributed by atoms with E-state index in [4.69, 9.17) is 4.74 Å². The van der Waals surface area contributed by atoms with E-state index in [0.717, 1.165) is 11.0 Å². The summed E-state index contributed by atoms with van der Waals surface area (Å²) in [5.41, 5.74) is 1.62. The van der Waals surface area contributed by atoms with Crippen molar-refractivity contribution in [2.24, 2.45) is 4.99 Å². The van der Waals surface area contributed by atoms with Crippen molar-refractivity contribution in [3.05, 3.63) is 41.9 Å². The van der Waals surface area contributed by atoms with Gasteiger partial charge in [-0.3, -0.25) is 15.1 Å². The first kappa shape index (κ1) is 16.6. The maximum absolute atomic E-state index is 12.0. The number of alkyl carbamates (subject to hydrolysis) is 1. The number of aliphatic imine (C=N–C) groups is 1. The van der Waals surface area contributed by atoms with Crippen LogP contribution in [0.5, 0.6) is 0 Å². The first-order valence-corrected chi connectivity index (χ1v) is 7.64. The lowest BCUT2D eigenvalue weighted by Gasteiger charge is -2.19. The third-order valence-corrected chi connectivity index (χ3v) is 3.09. The Bertz CT molecular complexity index is 912. The van der Waals surface area contributed by atoms with Gasteiger partial charge >= 0.3 is 6.09 Å². The molecule has 3 rings (SSSR count). The fourth-order valence-corrected chi connectivity index (χ4v) is 2.13. The molecule has 8 heteroatoms. The number of fused-ring (bicyclic) bond motifs is 1. The Hall–Kier alpha value is -3.29. The molecule has 0 fully saturated rings. The molecule has 0 unspecified atom stereocenters. The maximum Gasteiger partial charge on any atom is 0.414 e. The molecule has 8 nitrogen and oxygen atoms in total. The molecule has 25 heavy (non-hydrogen) atoms. The van der Waals surface area contributed by atoms with Crippen molar-refractivity contribution in [1.82, 2.24) is 20.6 Å². The number of guanidine groups is 1. The van der Waals surface area contributed by atoms with Crippen LogP contribution in [0, 0.1) is 0 Å². The smallest absolute Gasteiger partial charge is 0.414 e. The monoisotopic (exact) mass is 339 g/mol. The first-order chi connectivity index (χ1) is 11.8. The molecule has 0 atom stereocenters. The number of aromatic nitrogens is 2.